The van der Waals surface area contributed by atoms with Gasteiger partial charge in [0.25, 0.3) is 0 Å². The van der Waals surface area contributed by atoms with Crippen LogP contribution in [0, 0.1) is 0 Å². The maximum Gasteiger partial charge on any atom is 0.195 e. The van der Waals surface area contributed by atoms with Crippen molar-refractivity contribution in [2.75, 3.05) is 0 Å². The normalized spacial score (nSPS) is 11.0. The van der Waals surface area contributed by atoms with Gasteiger partial charge < -0.3 is 9.21 Å². The lowest BCUT2D eigenvalue weighted by molar-refractivity contribution is -0.117. The zero-order chi connectivity index (χ0) is 16.7. The van der Waals surface area contributed by atoms with Crippen molar-refractivity contribution >= 4 is 22.7 Å². The first-order valence-corrected chi connectivity index (χ1v) is 8.52. The average molecular weight is 315 g/mol. The number of rotatable bonds is 10. The molecule has 124 valence electrons. The van der Waals surface area contributed by atoms with Gasteiger partial charge in [0.05, 0.1) is 0 Å². The summed E-state index contributed by atoms with van der Waals surface area (Å²) in [6.07, 6.45) is 6.92. The number of hydrogen-bond acceptors (Lipinski definition) is 4. The highest BCUT2D eigenvalue weighted by Crippen LogP contribution is 2.20. The molecule has 0 aliphatic rings. The van der Waals surface area contributed by atoms with Crippen LogP contribution in [0.2, 0.25) is 0 Å². The van der Waals surface area contributed by atoms with Crippen molar-refractivity contribution in [1.82, 2.24) is 4.98 Å². The number of carbonyl (C=O) groups excluding carboxylic acids is 2. The average Bonchev–Trinajstić information content (AvgIpc) is 2.92. The number of aryl methyl sites for hydroxylation is 1. The Bertz CT molecular complexity index is 672. The number of fused-ring (bicyclic) bond motifs is 1. The van der Waals surface area contributed by atoms with Gasteiger partial charge in [0.15, 0.2) is 17.3 Å². The molecule has 4 nitrogen and oxygen atoms in total. The van der Waals surface area contributed by atoms with Gasteiger partial charge >= 0.3 is 0 Å². The number of nitrogens with zero attached hydrogens (tertiary/aromatic N) is 1. The summed E-state index contributed by atoms with van der Waals surface area (Å²) in [7, 11) is 0. The minimum Gasteiger partial charge on any atom is -0.441 e. The van der Waals surface area contributed by atoms with Gasteiger partial charge in [-0.2, -0.15) is 0 Å². The summed E-state index contributed by atoms with van der Waals surface area (Å²) in [5.74, 6) is 0.981. The predicted octanol–water partition coefficient (Wildman–Crippen LogP) is 4.89. The third-order valence-corrected chi connectivity index (χ3v) is 3.93. The smallest absolute Gasteiger partial charge is 0.195 e. The molecular formula is C19H25NO3. The van der Waals surface area contributed by atoms with Crippen LogP contribution in [0.4, 0.5) is 0 Å². The Morgan fingerprint density at radius 1 is 1.09 bits per heavy atom. The molecule has 0 N–H and O–H groups in total. The van der Waals surface area contributed by atoms with Crippen molar-refractivity contribution < 1.29 is 14.0 Å². The monoisotopic (exact) mass is 315 g/mol. The van der Waals surface area contributed by atoms with E-state index < -0.39 is 0 Å². The molecule has 4 heteroatoms. The standard InChI is InChI=1S/C19H25NO3/c1-3-4-5-6-9-17(22)15-11-12-18-16(13-15)20-19(23-18)10-7-8-14(2)21/h11-13H,3-10H2,1-2H3. The molecule has 0 fully saturated rings. The molecule has 0 atom stereocenters. The number of ketones is 2. The highest BCUT2D eigenvalue weighted by molar-refractivity contribution is 5.98. The topological polar surface area (TPSA) is 60.2 Å². The van der Waals surface area contributed by atoms with Gasteiger partial charge in [-0.3, -0.25) is 4.79 Å². The third kappa shape index (κ3) is 5.31. The second-order valence-electron chi connectivity index (χ2n) is 6.08. The van der Waals surface area contributed by atoms with E-state index >= 15 is 0 Å². The van der Waals surface area contributed by atoms with Crippen LogP contribution < -0.4 is 0 Å². The molecule has 1 aromatic carbocycles. The zero-order valence-electron chi connectivity index (χ0n) is 14.1. The van der Waals surface area contributed by atoms with Crippen molar-refractivity contribution in [2.24, 2.45) is 0 Å². The van der Waals surface area contributed by atoms with Gasteiger partial charge in [0, 0.05) is 24.8 Å². The second-order valence-corrected chi connectivity index (χ2v) is 6.08. The minimum atomic E-state index is 0.170. The Labute approximate surface area is 137 Å². The van der Waals surface area contributed by atoms with Gasteiger partial charge in [-0.25, -0.2) is 4.98 Å². The summed E-state index contributed by atoms with van der Waals surface area (Å²) in [6.45, 7) is 3.75. The number of Topliss-reactive ketones (excluding diaryl/α,β-unsaturated/α-hetero) is 2. The van der Waals surface area contributed by atoms with E-state index in [4.69, 9.17) is 4.42 Å². The van der Waals surface area contributed by atoms with E-state index in [1.807, 2.05) is 18.2 Å². The first kappa shape index (κ1) is 17.4. The van der Waals surface area contributed by atoms with Crippen LogP contribution in [0.3, 0.4) is 0 Å². The van der Waals surface area contributed by atoms with E-state index in [1.165, 1.54) is 12.8 Å². The molecule has 0 bridgehead atoms. The summed E-state index contributed by atoms with van der Waals surface area (Å²) in [5, 5.41) is 0. The van der Waals surface area contributed by atoms with E-state index in [0.717, 1.165) is 24.8 Å². The Balaban J connectivity index is 1.98. The highest BCUT2D eigenvalue weighted by atomic mass is 16.3. The van der Waals surface area contributed by atoms with Crippen LogP contribution in [-0.2, 0) is 11.2 Å². The first-order chi connectivity index (χ1) is 11.1. The van der Waals surface area contributed by atoms with E-state index in [2.05, 4.69) is 11.9 Å². The summed E-state index contributed by atoms with van der Waals surface area (Å²) >= 11 is 0. The molecule has 0 unspecified atom stereocenters. The van der Waals surface area contributed by atoms with Crippen LogP contribution in [0.1, 0.15) is 75.0 Å². The SMILES string of the molecule is CCCCCCC(=O)c1ccc2oc(CCCC(C)=O)nc2c1. The van der Waals surface area contributed by atoms with Crippen molar-refractivity contribution in [3.8, 4) is 0 Å². The molecular weight excluding hydrogens is 290 g/mol. The second kappa shape index (κ2) is 8.61. The van der Waals surface area contributed by atoms with Crippen molar-refractivity contribution in [3.05, 3.63) is 29.7 Å². The van der Waals surface area contributed by atoms with Crippen LogP contribution in [0.15, 0.2) is 22.6 Å². The summed E-state index contributed by atoms with van der Waals surface area (Å²) < 4.78 is 5.66. The zero-order valence-corrected chi connectivity index (χ0v) is 14.1. The Morgan fingerprint density at radius 2 is 1.91 bits per heavy atom. The molecule has 0 saturated heterocycles. The Hall–Kier alpha value is -1.97. The number of hydrogen-bond donors (Lipinski definition) is 0. The van der Waals surface area contributed by atoms with Crippen LogP contribution >= 0.6 is 0 Å². The lowest BCUT2D eigenvalue weighted by Gasteiger charge is -2.00. The van der Waals surface area contributed by atoms with E-state index in [9.17, 15) is 9.59 Å². The van der Waals surface area contributed by atoms with Gasteiger partial charge in [0.2, 0.25) is 0 Å². The van der Waals surface area contributed by atoms with Gasteiger partial charge in [-0.05, 0) is 38.0 Å². The molecule has 1 aromatic heterocycles. The number of aromatic nitrogens is 1. The maximum atomic E-state index is 12.2. The van der Waals surface area contributed by atoms with Crippen molar-refractivity contribution in [2.45, 2.75) is 65.2 Å². The quantitative estimate of drug-likeness (QED) is 0.462. The highest BCUT2D eigenvalue weighted by Gasteiger charge is 2.11. The summed E-state index contributed by atoms with van der Waals surface area (Å²) in [5.41, 5.74) is 2.13. The molecule has 0 radical (unpaired) electrons. The number of benzene rings is 1. The van der Waals surface area contributed by atoms with Crippen LogP contribution in [0.5, 0.6) is 0 Å². The molecule has 0 aliphatic heterocycles. The molecule has 0 saturated carbocycles. The van der Waals surface area contributed by atoms with Crippen molar-refractivity contribution in [3.63, 3.8) is 0 Å². The largest absolute Gasteiger partial charge is 0.441 e. The predicted molar refractivity (Wildman–Crippen MR) is 90.7 cm³/mol. The van der Waals surface area contributed by atoms with Gasteiger partial charge in [-0.15, -0.1) is 0 Å². The van der Waals surface area contributed by atoms with E-state index in [0.29, 0.717) is 36.3 Å². The molecule has 0 spiro atoms. The number of carbonyl (C=O) groups is 2. The van der Waals surface area contributed by atoms with Gasteiger partial charge in [-0.1, -0.05) is 26.2 Å². The summed E-state index contributed by atoms with van der Waals surface area (Å²) in [4.78, 5) is 27.6. The van der Waals surface area contributed by atoms with Crippen molar-refractivity contribution in [1.29, 1.82) is 0 Å². The number of oxazole rings is 1. The third-order valence-electron chi connectivity index (χ3n) is 3.93. The molecule has 0 aliphatic carbocycles. The molecule has 0 amide bonds. The first-order valence-electron chi connectivity index (χ1n) is 8.52. The molecule has 1 heterocycles. The molecule has 23 heavy (non-hydrogen) atoms. The van der Waals surface area contributed by atoms with Crippen LogP contribution in [0.25, 0.3) is 11.1 Å². The Kier molecular flexibility index (Phi) is 6.51. The fraction of sp³-hybridized carbons (Fsp3) is 0.526. The maximum absolute atomic E-state index is 12.2. The fourth-order valence-corrected chi connectivity index (χ4v) is 2.60. The molecule has 2 aromatic rings. The van der Waals surface area contributed by atoms with E-state index in [-0.39, 0.29) is 11.6 Å². The number of unbranched alkanes of at least 4 members (excludes halogenated alkanes) is 3. The fourth-order valence-electron chi connectivity index (χ4n) is 2.60. The minimum absolute atomic E-state index is 0.170. The van der Waals surface area contributed by atoms with E-state index in [1.54, 1.807) is 6.92 Å². The summed E-state index contributed by atoms with van der Waals surface area (Å²) in [6, 6.07) is 5.45. The Morgan fingerprint density at radius 3 is 2.65 bits per heavy atom. The lowest BCUT2D eigenvalue weighted by atomic mass is 10.0. The molecule has 2 rings (SSSR count). The lowest BCUT2D eigenvalue weighted by Crippen LogP contribution is -1.98. The van der Waals surface area contributed by atoms with Crippen LogP contribution in [-0.4, -0.2) is 16.6 Å². The van der Waals surface area contributed by atoms with Gasteiger partial charge in [0.1, 0.15) is 11.3 Å².